The third-order valence-corrected chi connectivity index (χ3v) is 4.37. The van der Waals surface area contributed by atoms with Crippen LogP contribution in [0, 0.1) is 12.8 Å². The summed E-state index contributed by atoms with van der Waals surface area (Å²) < 4.78 is 16.2. The zero-order valence-electron chi connectivity index (χ0n) is 13.8. The normalized spacial score (nSPS) is 14.3. The first-order valence-electron chi connectivity index (χ1n) is 8.23. The molecule has 0 radical (unpaired) electrons. The second-order valence-corrected chi connectivity index (χ2v) is 6.06. The molecule has 1 aromatic carbocycles. The Kier molecular flexibility index (Phi) is 4.05. The number of aryl methyl sites for hydroxylation is 1. The third kappa shape index (κ3) is 3.05. The van der Waals surface area contributed by atoms with Crippen molar-refractivity contribution in [2.75, 3.05) is 0 Å². The van der Waals surface area contributed by atoms with Crippen molar-refractivity contribution in [3.8, 4) is 22.7 Å². The Hall–Kier alpha value is -2.96. The van der Waals surface area contributed by atoms with Crippen molar-refractivity contribution in [3.05, 3.63) is 42.0 Å². The average Bonchev–Trinajstić information content (AvgIpc) is 3.18. The minimum Gasteiger partial charge on any atom is -0.455 e. The maximum Gasteiger partial charge on any atom is 0.309 e. The lowest BCUT2D eigenvalue weighted by Crippen LogP contribution is -2.23. The highest BCUT2D eigenvalue weighted by Gasteiger charge is 2.27. The lowest BCUT2D eigenvalue weighted by atomic mass is 9.86. The van der Waals surface area contributed by atoms with Gasteiger partial charge in [-0.25, -0.2) is 0 Å². The number of benzene rings is 1. The van der Waals surface area contributed by atoms with Crippen molar-refractivity contribution in [3.63, 3.8) is 0 Å². The molecule has 2 aromatic heterocycles. The quantitative estimate of drug-likeness (QED) is 0.656. The lowest BCUT2D eigenvalue weighted by molar-refractivity contribution is -0.153. The Balaban J connectivity index is 1.54. The molecule has 3 aromatic rings. The smallest absolute Gasteiger partial charge is 0.309 e. The van der Waals surface area contributed by atoms with E-state index < -0.39 is 0 Å². The topological polar surface area (TPSA) is 91.3 Å². The molecule has 25 heavy (non-hydrogen) atoms. The van der Waals surface area contributed by atoms with Crippen molar-refractivity contribution >= 4 is 5.97 Å². The van der Waals surface area contributed by atoms with Crippen molar-refractivity contribution in [1.82, 2.24) is 15.4 Å². The number of aromatic nitrogens is 3. The zero-order chi connectivity index (χ0) is 17.2. The molecule has 0 N–H and O–H groups in total. The van der Waals surface area contributed by atoms with E-state index >= 15 is 0 Å². The Morgan fingerprint density at radius 2 is 2.04 bits per heavy atom. The highest BCUT2D eigenvalue weighted by Crippen LogP contribution is 2.33. The van der Waals surface area contributed by atoms with Crippen molar-refractivity contribution < 1.29 is 18.5 Å². The summed E-state index contributed by atoms with van der Waals surface area (Å²) in [6.45, 7) is 1.77. The fourth-order valence-electron chi connectivity index (χ4n) is 2.72. The van der Waals surface area contributed by atoms with Crippen LogP contribution in [0.1, 0.15) is 30.9 Å². The van der Waals surface area contributed by atoms with E-state index in [-0.39, 0.29) is 24.4 Å². The van der Waals surface area contributed by atoms with Crippen LogP contribution in [0.25, 0.3) is 22.7 Å². The Morgan fingerprint density at radius 3 is 2.76 bits per heavy atom. The first kappa shape index (κ1) is 15.6. The lowest BCUT2D eigenvalue weighted by Gasteiger charge is -2.22. The van der Waals surface area contributed by atoms with Crippen LogP contribution in [0.15, 0.2) is 39.3 Å². The molecule has 0 saturated heterocycles. The number of hydrogen-bond acceptors (Lipinski definition) is 7. The van der Waals surface area contributed by atoms with E-state index in [1.165, 1.54) is 0 Å². The van der Waals surface area contributed by atoms with Crippen LogP contribution < -0.4 is 0 Å². The summed E-state index contributed by atoms with van der Waals surface area (Å²) in [4.78, 5) is 11.8. The van der Waals surface area contributed by atoms with Crippen LogP contribution in [-0.4, -0.2) is 21.3 Å². The van der Waals surface area contributed by atoms with Gasteiger partial charge in [0, 0.05) is 5.56 Å². The molecule has 1 fully saturated rings. The molecule has 0 spiro atoms. The van der Waals surface area contributed by atoms with Crippen LogP contribution in [0.5, 0.6) is 0 Å². The molecule has 7 nitrogen and oxygen atoms in total. The largest absolute Gasteiger partial charge is 0.455 e. The van der Waals surface area contributed by atoms with E-state index in [1.807, 2.05) is 30.3 Å². The molecule has 1 saturated carbocycles. The number of nitrogens with zero attached hydrogens (tertiary/aromatic N) is 3. The van der Waals surface area contributed by atoms with Crippen molar-refractivity contribution in [2.24, 2.45) is 5.92 Å². The number of rotatable bonds is 5. The molecule has 128 valence electrons. The molecule has 0 amide bonds. The van der Waals surface area contributed by atoms with Gasteiger partial charge in [0.2, 0.25) is 0 Å². The van der Waals surface area contributed by atoms with Gasteiger partial charge < -0.3 is 13.7 Å². The molecule has 0 unspecified atom stereocenters. The molecular formula is C18H17N3O4. The summed E-state index contributed by atoms with van der Waals surface area (Å²) in [6, 6.07) is 9.62. The van der Waals surface area contributed by atoms with E-state index in [2.05, 4.69) is 15.4 Å². The van der Waals surface area contributed by atoms with E-state index in [4.69, 9.17) is 13.7 Å². The van der Waals surface area contributed by atoms with E-state index in [1.54, 1.807) is 6.92 Å². The summed E-state index contributed by atoms with van der Waals surface area (Å²) in [5.41, 5.74) is 2.18. The van der Waals surface area contributed by atoms with Gasteiger partial charge in [0.15, 0.2) is 6.61 Å². The summed E-state index contributed by atoms with van der Waals surface area (Å²) in [7, 11) is 0. The molecule has 0 bridgehead atoms. The van der Waals surface area contributed by atoms with E-state index in [0.29, 0.717) is 22.9 Å². The molecule has 0 atom stereocenters. The van der Waals surface area contributed by atoms with Crippen LogP contribution in [0.2, 0.25) is 0 Å². The molecule has 1 aliphatic carbocycles. The molecule has 4 rings (SSSR count). The number of hydrogen-bond donors (Lipinski definition) is 0. The van der Waals surface area contributed by atoms with Crippen molar-refractivity contribution in [1.29, 1.82) is 0 Å². The predicted octanol–water partition coefficient (Wildman–Crippen LogP) is 3.54. The van der Waals surface area contributed by atoms with Gasteiger partial charge in [-0.05, 0) is 19.8 Å². The standard InChI is InChI=1S/C18H17N3O4/c1-11-15(16(21-25-11)12-6-3-2-4-7-12)17-20-19-14(24-17)10-23-18(22)13-8-5-9-13/h2-4,6-7,13H,5,8-10H2,1H3. The molecule has 1 aliphatic rings. The van der Waals surface area contributed by atoms with Gasteiger partial charge in [-0.3, -0.25) is 4.79 Å². The van der Waals surface area contributed by atoms with E-state index in [9.17, 15) is 4.79 Å². The predicted molar refractivity (Wildman–Crippen MR) is 87.1 cm³/mol. The van der Waals surface area contributed by atoms with Crippen LogP contribution >= 0.6 is 0 Å². The monoisotopic (exact) mass is 339 g/mol. The minimum absolute atomic E-state index is 0.0205. The van der Waals surface area contributed by atoms with Gasteiger partial charge in [-0.15, -0.1) is 10.2 Å². The average molecular weight is 339 g/mol. The molecular weight excluding hydrogens is 322 g/mol. The number of carbonyl (C=O) groups is 1. The minimum atomic E-state index is -0.197. The summed E-state index contributed by atoms with van der Waals surface area (Å²) in [5.74, 6) is 0.958. The Morgan fingerprint density at radius 1 is 1.24 bits per heavy atom. The Bertz CT molecular complexity index is 881. The molecule has 7 heteroatoms. The molecule has 0 aliphatic heterocycles. The summed E-state index contributed by atoms with van der Waals surface area (Å²) >= 11 is 0. The number of esters is 1. The second kappa shape index (κ2) is 6.51. The maximum absolute atomic E-state index is 11.8. The summed E-state index contributed by atoms with van der Waals surface area (Å²) in [6.07, 6.45) is 2.88. The maximum atomic E-state index is 11.8. The second-order valence-electron chi connectivity index (χ2n) is 6.06. The van der Waals surface area contributed by atoms with Gasteiger partial charge in [0.05, 0.1) is 5.92 Å². The first-order valence-corrected chi connectivity index (χ1v) is 8.23. The van der Waals surface area contributed by atoms with Gasteiger partial charge in [0.1, 0.15) is 17.0 Å². The third-order valence-electron chi connectivity index (χ3n) is 4.37. The first-order chi connectivity index (χ1) is 12.2. The van der Waals surface area contributed by atoms with Gasteiger partial charge in [0.25, 0.3) is 11.8 Å². The number of ether oxygens (including phenoxy) is 1. The van der Waals surface area contributed by atoms with Gasteiger partial charge >= 0.3 is 5.97 Å². The van der Waals surface area contributed by atoms with Crippen LogP contribution in [0.3, 0.4) is 0 Å². The van der Waals surface area contributed by atoms with Crippen molar-refractivity contribution in [2.45, 2.75) is 32.8 Å². The van der Waals surface area contributed by atoms with Crippen LogP contribution in [0.4, 0.5) is 0 Å². The fraction of sp³-hybridized carbons (Fsp3) is 0.333. The number of carbonyl (C=O) groups excluding carboxylic acids is 1. The summed E-state index contributed by atoms with van der Waals surface area (Å²) in [5, 5.41) is 12.1. The fourth-order valence-corrected chi connectivity index (χ4v) is 2.72. The van der Waals surface area contributed by atoms with Gasteiger partial charge in [-0.1, -0.05) is 41.9 Å². The van der Waals surface area contributed by atoms with E-state index in [0.717, 1.165) is 24.8 Å². The van der Waals surface area contributed by atoms with Gasteiger partial charge in [-0.2, -0.15) is 0 Å². The van der Waals surface area contributed by atoms with Crippen LogP contribution in [-0.2, 0) is 16.1 Å². The highest BCUT2D eigenvalue weighted by molar-refractivity contribution is 5.77. The zero-order valence-corrected chi connectivity index (χ0v) is 13.8. The Labute approximate surface area is 144 Å². The SMILES string of the molecule is Cc1onc(-c2ccccc2)c1-c1nnc(COC(=O)C2CCC2)o1. The highest BCUT2D eigenvalue weighted by atomic mass is 16.5. The molecule has 2 heterocycles.